The van der Waals surface area contributed by atoms with Gasteiger partial charge in [0.25, 0.3) is 5.69 Å². The molecular weight excluding hydrogens is 362 g/mol. The number of ether oxygens (including phenoxy) is 2. The molecule has 2 aromatic rings. The van der Waals surface area contributed by atoms with E-state index in [0.717, 1.165) is 5.56 Å². The molecule has 0 saturated heterocycles. The van der Waals surface area contributed by atoms with E-state index in [1.807, 2.05) is 18.2 Å². The second-order valence-corrected chi connectivity index (χ2v) is 5.74. The van der Waals surface area contributed by atoms with Crippen LogP contribution in [0.3, 0.4) is 0 Å². The van der Waals surface area contributed by atoms with Gasteiger partial charge in [0.05, 0.1) is 19.1 Å². The highest BCUT2D eigenvalue weighted by molar-refractivity contribution is 5.79. The summed E-state index contributed by atoms with van der Waals surface area (Å²) < 4.78 is 10.5. The van der Waals surface area contributed by atoms with Gasteiger partial charge in [-0.15, -0.1) is 0 Å². The summed E-state index contributed by atoms with van der Waals surface area (Å²) in [5.41, 5.74) is 1.56. The molecule has 28 heavy (non-hydrogen) atoms. The minimum Gasteiger partial charge on any atom is -0.493 e. The summed E-state index contributed by atoms with van der Waals surface area (Å²) >= 11 is 0. The average Bonchev–Trinajstić information content (AvgIpc) is 2.73. The summed E-state index contributed by atoms with van der Waals surface area (Å²) in [5.74, 6) is 1.97. The Kier molecular flexibility index (Phi) is 7.89. The van der Waals surface area contributed by atoms with Crippen LogP contribution in [0.1, 0.15) is 5.56 Å². The van der Waals surface area contributed by atoms with Gasteiger partial charge in [0.2, 0.25) is 0 Å². The minimum absolute atomic E-state index is 0.0541. The van der Waals surface area contributed by atoms with Crippen molar-refractivity contribution in [1.82, 2.24) is 10.6 Å². The van der Waals surface area contributed by atoms with E-state index < -0.39 is 4.92 Å². The Balaban J connectivity index is 1.82. The van der Waals surface area contributed by atoms with Gasteiger partial charge in [-0.2, -0.15) is 0 Å². The highest BCUT2D eigenvalue weighted by atomic mass is 16.6. The Morgan fingerprint density at radius 3 is 2.50 bits per heavy atom. The van der Waals surface area contributed by atoms with Crippen LogP contribution in [0.15, 0.2) is 47.5 Å². The molecule has 3 N–H and O–H groups in total. The number of nitro benzene ring substituents is 1. The molecule has 0 aliphatic carbocycles. The second kappa shape index (κ2) is 10.6. The number of para-hydroxylation sites is 2. The number of hydrogen-bond acceptors (Lipinski definition) is 6. The fraction of sp³-hybridized carbons (Fsp3) is 0.316. The van der Waals surface area contributed by atoms with E-state index in [0.29, 0.717) is 42.8 Å². The van der Waals surface area contributed by atoms with E-state index in [2.05, 4.69) is 20.9 Å². The molecule has 0 saturated carbocycles. The molecule has 2 rings (SSSR count). The average molecular weight is 387 g/mol. The lowest BCUT2D eigenvalue weighted by Gasteiger charge is -2.14. The molecule has 0 heterocycles. The van der Waals surface area contributed by atoms with Gasteiger partial charge in [-0.3, -0.25) is 15.1 Å². The lowest BCUT2D eigenvalue weighted by molar-refractivity contribution is -0.384. The maximum Gasteiger partial charge on any atom is 0.292 e. The molecule has 9 heteroatoms. The zero-order valence-corrected chi connectivity index (χ0v) is 16.2. The molecule has 150 valence electrons. The summed E-state index contributed by atoms with van der Waals surface area (Å²) in [7, 11) is 4.87. The lowest BCUT2D eigenvalue weighted by atomic mass is 10.2. The molecule has 0 aliphatic heterocycles. The fourth-order valence-electron chi connectivity index (χ4n) is 2.56. The van der Waals surface area contributed by atoms with Crippen molar-refractivity contribution in [2.75, 3.05) is 39.7 Å². The first-order valence-electron chi connectivity index (χ1n) is 8.71. The van der Waals surface area contributed by atoms with Crippen LogP contribution in [0.4, 0.5) is 11.4 Å². The Morgan fingerprint density at radius 1 is 1.07 bits per heavy atom. The number of guanidine groups is 1. The Labute approximate surface area is 163 Å². The monoisotopic (exact) mass is 387 g/mol. The maximum absolute atomic E-state index is 11.0. The lowest BCUT2D eigenvalue weighted by Crippen LogP contribution is -2.39. The Morgan fingerprint density at radius 2 is 1.82 bits per heavy atom. The summed E-state index contributed by atoms with van der Waals surface area (Å²) in [4.78, 5) is 14.8. The van der Waals surface area contributed by atoms with Crippen molar-refractivity contribution in [3.05, 3.63) is 58.1 Å². The molecule has 2 aromatic carbocycles. The minimum atomic E-state index is -0.403. The smallest absolute Gasteiger partial charge is 0.292 e. The SMILES string of the molecule is CN=C(NCCNc1ccccc1[N+](=O)[O-])NCc1ccc(OC)c(OC)c1. The van der Waals surface area contributed by atoms with Gasteiger partial charge in [-0.05, 0) is 23.8 Å². The van der Waals surface area contributed by atoms with Crippen LogP contribution < -0.4 is 25.4 Å². The van der Waals surface area contributed by atoms with E-state index >= 15 is 0 Å². The van der Waals surface area contributed by atoms with Gasteiger partial charge < -0.3 is 25.4 Å². The first-order chi connectivity index (χ1) is 13.6. The number of aliphatic imine (C=N–C) groups is 1. The number of anilines is 1. The van der Waals surface area contributed by atoms with Crippen molar-refractivity contribution in [1.29, 1.82) is 0 Å². The third kappa shape index (κ3) is 5.76. The van der Waals surface area contributed by atoms with Gasteiger partial charge in [-0.25, -0.2) is 0 Å². The molecule has 0 unspecified atom stereocenters. The van der Waals surface area contributed by atoms with Crippen molar-refractivity contribution >= 4 is 17.3 Å². The summed E-state index contributed by atoms with van der Waals surface area (Å²) in [6, 6.07) is 12.2. The normalized spacial score (nSPS) is 10.9. The highest BCUT2D eigenvalue weighted by Crippen LogP contribution is 2.27. The van der Waals surface area contributed by atoms with Gasteiger partial charge in [0.1, 0.15) is 5.69 Å². The van der Waals surface area contributed by atoms with Crippen molar-refractivity contribution in [3.63, 3.8) is 0 Å². The molecule has 0 atom stereocenters. The molecule has 0 aromatic heterocycles. The van der Waals surface area contributed by atoms with E-state index in [9.17, 15) is 10.1 Å². The number of rotatable bonds is 9. The topological polar surface area (TPSA) is 110 Å². The summed E-state index contributed by atoms with van der Waals surface area (Å²) in [5, 5.41) is 20.4. The van der Waals surface area contributed by atoms with Gasteiger partial charge in [0.15, 0.2) is 17.5 Å². The largest absolute Gasteiger partial charge is 0.493 e. The molecule has 0 radical (unpaired) electrons. The number of benzene rings is 2. The summed E-state index contributed by atoms with van der Waals surface area (Å²) in [6.45, 7) is 1.59. The molecule has 0 amide bonds. The first-order valence-corrected chi connectivity index (χ1v) is 8.71. The highest BCUT2D eigenvalue weighted by Gasteiger charge is 2.11. The van der Waals surface area contributed by atoms with Crippen LogP contribution in [0.5, 0.6) is 11.5 Å². The number of nitro groups is 1. The number of nitrogens with zero attached hydrogens (tertiary/aromatic N) is 2. The number of hydrogen-bond donors (Lipinski definition) is 3. The molecule has 0 spiro atoms. The molecule has 0 aliphatic rings. The molecule has 9 nitrogen and oxygen atoms in total. The fourth-order valence-corrected chi connectivity index (χ4v) is 2.56. The van der Waals surface area contributed by atoms with E-state index in [1.54, 1.807) is 39.5 Å². The first kappa shape index (κ1) is 20.8. The van der Waals surface area contributed by atoms with Crippen LogP contribution >= 0.6 is 0 Å². The van der Waals surface area contributed by atoms with Crippen LogP contribution in [-0.2, 0) is 6.54 Å². The van der Waals surface area contributed by atoms with Gasteiger partial charge in [0, 0.05) is 32.7 Å². The third-order valence-electron chi connectivity index (χ3n) is 3.97. The predicted molar refractivity (Wildman–Crippen MR) is 109 cm³/mol. The van der Waals surface area contributed by atoms with Crippen molar-refractivity contribution in [2.24, 2.45) is 4.99 Å². The zero-order valence-electron chi connectivity index (χ0n) is 16.2. The zero-order chi connectivity index (χ0) is 20.4. The number of nitrogens with one attached hydrogen (secondary N) is 3. The van der Waals surface area contributed by atoms with Crippen molar-refractivity contribution in [2.45, 2.75) is 6.54 Å². The van der Waals surface area contributed by atoms with E-state index in [-0.39, 0.29) is 5.69 Å². The van der Waals surface area contributed by atoms with Crippen molar-refractivity contribution < 1.29 is 14.4 Å². The Bertz CT molecular complexity index is 826. The van der Waals surface area contributed by atoms with Crippen LogP contribution in [-0.4, -0.2) is 45.2 Å². The maximum atomic E-state index is 11.0. The Hall–Kier alpha value is -3.49. The van der Waals surface area contributed by atoms with Crippen molar-refractivity contribution in [3.8, 4) is 11.5 Å². The summed E-state index contributed by atoms with van der Waals surface area (Å²) in [6.07, 6.45) is 0. The molecular formula is C19H25N5O4. The van der Waals surface area contributed by atoms with Gasteiger partial charge in [-0.1, -0.05) is 18.2 Å². The standard InChI is InChI=1S/C19H25N5O4/c1-20-19(23-13-14-8-9-17(27-2)18(12-14)28-3)22-11-10-21-15-6-4-5-7-16(15)24(25)26/h4-9,12,21H,10-11,13H2,1-3H3,(H2,20,22,23). The van der Waals surface area contributed by atoms with Crippen LogP contribution in [0, 0.1) is 10.1 Å². The van der Waals surface area contributed by atoms with Crippen LogP contribution in [0.2, 0.25) is 0 Å². The van der Waals surface area contributed by atoms with Crippen LogP contribution in [0.25, 0.3) is 0 Å². The third-order valence-corrected chi connectivity index (χ3v) is 3.97. The van der Waals surface area contributed by atoms with E-state index in [4.69, 9.17) is 9.47 Å². The van der Waals surface area contributed by atoms with E-state index in [1.165, 1.54) is 6.07 Å². The molecule has 0 fully saturated rings. The molecule has 0 bridgehead atoms. The van der Waals surface area contributed by atoms with Gasteiger partial charge >= 0.3 is 0 Å². The second-order valence-electron chi connectivity index (χ2n) is 5.74. The quantitative estimate of drug-likeness (QED) is 0.199. The number of methoxy groups -OCH3 is 2. The predicted octanol–water partition coefficient (Wildman–Crippen LogP) is 2.39.